The maximum absolute atomic E-state index is 7.00. The molecule has 0 radical (unpaired) electrons. The molecule has 0 saturated carbocycles. The average Bonchev–Trinajstić information content (AvgIpc) is 2.91. The molecule has 1 atom stereocenters. The standard InChI is InChI=1S/C15H39PSi3.C9H27PSi3.C7H18Si.C6H15N.C3H11PSi.2C2H6.CH4O/c1-14(2,3)18(10,11)16(17(7,8)9)19(12,13)15(4,5)6;1-11(2,3)10(12(4,5)6)13(7,8)9;1-7(2,3)8(4,5)6;1-4-7(5-2)6-3;1-5(2,3)4;3*1-2/h1-13H3;1-9H3;1-6H3;4-6H2,1-3H3;4H2,1-3H3;2*1-2H3;2H,1H3. The lowest BCUT2D eigenvalue weighted by atomic mass is 10.2. The largest absolute Gasteiger partial charge is 0.400 e. The number of rotatable bonds is 9. The summed E-state index contributed by atoms with van der Waals surface area (Å²) in [6.45, 7) is 97.1. The smallest absolute Gasteiger partial charge is 0.0725 e. The predicted molar refractivity (Wildman–Crippen MR) is 322 cm³/mol. The highest BCUT2D eigenvalue weighted by Crippen LogP contribution is 2.72. The van der Waals surface area contributed by atoms with Crippen molar-refractivity contribution >= 4 is 84.2 Å². The zero-order chi connectivity index (χ0) is 50.4. The van der Waals surface area contributed by atoms with Crippen LogP contribution in [0.5, 0.6) is 0 Å². The first-order chi connectivity index (χ1) is 24.8. The third-order valence-electron chi connectivity index (χ3n) is 11.1. The Morgan fingerprint density at radius 1 is 0.379 bits per heavy atom. The van der Waals surface area contributed by atoms with Crippen molar-refractivity contribution in [1.82, 2.24) is 4.90 Å². The van der Waals surface area contributed by atoms with E-state index in [0.717, 1.165) is 7.11 Å². The fraction of sp³-hybridized carbons (Fsp3) is 1.00. The molecule has 0 aliphatic heterocycles. The molecule has 0 rings (SSSR count). The van der Waals surface area contributed by atoms with E-state index in [1.165, 1.54) is 19.6 Å². The van der Waals surface area contributed by atoms with E-state index in [2.05, 4.69) is 241 Å². The SMILES string of the molecule is CC.CC.CC(C)(C)[Si](C)(C)C.CC(C)(C)[Si](C)(C)P([Si](C)(C)C)[Si](C)(C)C(C)(C)C.CCN(CC)CC.CO.C[Si](C)(C)P.C[Si](C)(C)P([Si](C)(C)C)[Si](C)(C)C. The lowest BCUT2D eigenvalue weighted by Gasteiger charge is -2.59. The van der Waals surface area contributed by atoms with Crippen molar-refractivity contribution in [1.29, 1.82) is 0 Å². The van der Waals surface area contributed by atoms with Crippen LogP contribution in [0.15, 0.2) is 0 Å². The van der Waals surface area contributed by atoms with E-state index in [-0.39, 0.29) is 6.57 Å². The van der Waals surface area contributed by atoms with Crippen LogP contribution < -0.4 is 0 Å². The summed E-state index contributed by atoms with van der Waals surface area (Å²) in [6, 6.07) is 0. The molecular formula is C45H126NOP3Si8. The number of hydrogen-bond donors (Lipinski definition) is 1. The van der Waals surface area contributed by atoms with Gasteiger partial charge in [-0.05, 0) is 34.7 Å². The van der Waals surface area contributed by atoms with E-state index < -0.39 is 62.3 Å². The quantitative estimate of drug-likeness (QED) is 0.184. The fourth-order valence-electron chi connectivity index (χ4n) is 6.74. The summed E-state index contributed by atoms with van der Waals surface area (Å²) in [5, 5.41) is 8.65. The van der Waals surface area contributed by atoms with E-state index in [9.17, 15) is 0 Å². The van der Waals surface area contributed by atoms with Crippen molar-refractivity contribution < 1.29 is 5.11 Å². The van der Waals surface area contributed by atoms with E-state index in [1.54, 1.807) is 0 Å². The first kappa shape index (κ1) is 78.1. The number of hydrogen-bond acceptors (Lipinski definition) is 2. The molecule has 0 amide bonds. The van der Waals surface area contributed by atoms with Gasteiger partial charge < -0.3 is 10.0 Å². The predicted octanol–water partition coefficient (Wildman–Crippen LogP) is 20.1. The van der Waals surface area contributed by atoms with Crippen LogP contribution in [0.25, 0.3) is 0 Å². The molecule has 0 heterocycles. The molecule has 0 aromatic rings. The summed E-state index contributed by atoms with van der Waals surface area (Å²) in [5.41, 5.74) is 0. The van der Waals surface area contributed by atoms with Crippen LogP contribution >= 0.6 is 21.9 Å². The van der Waals surface area contributed by atoms with Crippen molar-refractivity contribution in [3.63, 3.8) is 0 Å². The summed E-state index contributed by atoms with van der Waals surface area (Å²) in [4.78, 5) is 2.38. The molecule has 0 aliphatic carbocycles. The van der Waals surface area contributed by atoms with Crippen LogP contribution in [0.4, 0.5) is 0 Å². The second kappa shape index (κ2) is 31.8. The average molecular weight is 1020 g/mol. The maximum Gasteiger partial charge on any atom is 0.0725 e. The van der Waals surface area contributed by atoms with Crippen molar-refractivity contribution in [3.8, 4) is 0 Å². The summed E-state index contributed by atoms with van der Waals surface area (Å²) in [7, 11) is -3.85. The van der Waals surface area contributed by atoms with Crippen LogP contribution in [-0.2, 0) is 0 Å². The highest BCUT2D eigenvalue weighted by molar-refractivity contribution is 8.37. The Balaban J connectivity index is -0.0000000929. The molecule has 0 aromatic heterocycles. The minimum atomic E-state index is -1.23. The van der Waals surface area contributed by atoms with Gasteiger partial charge in [-0.2, -0.15) is 0 Å². The van der Waals surface area contributed by atoms with Gasteiger partial charge in [0.2, 0.25) is 0 Å². The van der Waals surface area contributed by atoms with E-state index in [4.69, 9.17) is 5.11 Å². The van der Waals surface area contributed by atoms with Gasteiger partial charge in [0.1, 0.15) is 0 Å². The maximum atomic E-state index is 7.00. The van der Waals surface area contributed by atoms with Gasteiger partial charge in [-0.3, -0.25) is 0 Å². The van der Waals surface area contributed by atoms with Gasteiger partial charge in [0.15, 0.2) is 0 Å². The minimum Gasteiger partial charge on any atom is -0.400 e. The van der Waals surface area contributed by atoms with Gasteiger partial charge in [-0.15, -0.1) is 21.9 Å². The van der Waals surface area contributed by atoms with E-state index >= 15 is 0 Å². The molecule has 0 saturated heterocycles. The molecule has 2 nitrogen and oxygen atoms in total. The van der Waals surface area contributed by atoms with Crippen LogP contribution in [0.3, 0.4) is 0 Å². The number of aliphatic hydroxyl groups is 1. The third kappa shape index (κ3) is 38.2. The Morgan fingerprint density at radius 3 is 0.552 bits per heavy atom. The number of aliphatic hydroxyl groups excluding tert-OH is 1. The molecule has 1 N–H and O–H groups in total. The molecule has 58 heavy (non-hydrogen) atoms. The summed E-state index contributed by atoms with van der Waals surface area (Å²) in [6.07, 6.45) is 0. The van der Waals surface area contributed by atoms with Crippen LogP contribution in [0.2, 0.25) is 159 Å². The molecule has 0 bridgehead atoms. The van der Waals surface area contributed by atoms with Gasteiger partial charge in [0.05, 0.1) is 54.2 Å². The van der Waals surface area contributed by atoms with Crippen LogP contribution in [0.1, 0.15) is 111 Å². The Labute approximate surface area is 388 Å². The third-order valence-corrected chi connectivity index (χ3v) is 126. The minimum absolute atomic E-state index is 0.252. The zero-order valence-electron chi connectivity index (χ0n) is 49.0. The lowest BCUT2D eigenvalue weighted by Crippen LogP contribution is -2.53. The first-order valence-corrected chi connectivity index (χ1v) is 59.9. The molecule has 0 spiro atoms. The van der Waals surface area contributed by atoms with Crippen molar-refractivity contribution in [2.24, 2.45) is 0 Å². The topological polar surface area (TPSA) is 23.5 Å². The Hall–Kier alpha value is 2.95. The molecule has 1 unspecified atom stereocenters. The highest BCUT2D eigenvalue weighted by atomic mass is 31.8. The normalized spacial score (nSPS) is 13.2. The molecule has 0 aliphatic rings. The molecular weight excluding hydrogens is 888 g/mol. The van der Waals surface area contributed by atoms with Crippen molar-refractivity contribution in [2.45, 2.75) is 270 Å². The highest BCUT2D eigenvalue weighted by Gasteiger charge is 2.57. The second-order valence-corrected chi connectivity index (χ2v) is 108. The van der Waals surface area contributed by atoms with Gasteiger partial charge in [-0.1, -0.05) is 255 Å². The Kier molecular flexibility index (Phi) is 42.8. The molecule has 13 heteroatoms. The Morgan fingerprint density at radius 2 is 0.517 bits per heavy atom. The Bertz CT molecular complexity index is 864. The van der Waals surface area contributed by atoms with E-state index in [1.807, 2.05) is 27.7 Å². The summed E-state index contributed by atoms with van der Waals surface area (Å²) >= 11 is 0. The van der Waals surface area contributed by atoms with Gasteiger partial charge >= 0.3 is 0 Å². The van der Waals surface area contributed by atoms with Gasteiger partial charge in [-0.25, -0.2) is 0 Å². The van der Waals surface area contributed by atoms with Crippen molar-refractivity contribution in [2.75, 3.05) is 26.7 Å². The second-order valence-electron chi connectivity index (χ2n) is 25.5. The van der Waals surface area contributed by atoms with Crippen LogP contribution in [0, 0.1) is 0 Å². The molecule has 364 valence electrons. The zero-order valence-corrected chi connectivity index (χ0v) is 59.9. The lowest BCUT2D eigenvalue weighted by molar-refractivity contribution is 0.321. The molecule has 0 aromatic carbocycles. The fourth-order valence-corrected chi connectivity index (χ4v) is 164. The van der Waals surface area contributed by atoms with Crippen molar-refractivity contribution in [3.05, 3.63) is 0 Å². The van der Waals surface area contributed by atoms with Gasteiger partial charge in [0.25, 0.3) is 0 Å². The molecule has 0 fully saturated rings. The summed E-state index contributed by atoms with van der Waals surface area (Å²) in [5.74, 6) is 0. The monoisotopic (exact) mass is 1010 g/mol. The van der Waals surface area contributed by atoms with Crippen LogP contribution in [-0.4, -0.2) is 99.0 Å². The summed E-state index contributed by atoms with van der Waals surface area (Å²) < 4.78 is 0. The van der Waals surface area contributed by atoms with Gasteiger partial charge in [0, 0.05) is 15.2 Å². The number of nitrogens with zero attached hydrogens (tertiary/aromatic N) is 1. The van der Waals surface area contributed by atoms with E-state index in [0.29, 0.717) is 21.7 Å². The first-order valence-electron chi connectivity index (χ1n) is 23.4.